The van der Waals surface area contributed by atoms with Gasteiger partial charge in [-0.25, -0.2) is 0 Å². The highest BCUT2D eigenvalue weighted by molar-refractivity contribution is 6.11. The number of rotatable bonds is 4. The van der Waals surface area contributed by atoms with E-state index in [0.717, 1.165) is 66.5 Å². The van der Waals surface area contributed by atoms with Crippen LogP contribution < -0.4 is 0 Å². The zero-order chi connectivity index (χ0) is 32.2. The molecule has 0 aliphatic carbocycles. The molecule has 2 heterocycles. The van der Waals surface area contributed by atoms with Crippen LogP contribution in [0.15, 0.2) is 158 Å². The normalized spacial score (nSPS) is 11.3. The van der Waals surface area contributed by atoms with Crippen molar-refractivity contribution >= 4 is 43.6 Å². The first-order valence-corrected chi connectivity index (χ1v) is 15.9. The first-order chi connectivity index (χ1) is 23.8. The van der Waals surface area contributed by atoms with Crippen LogP contribution in [0.3, 0.4) is 0 Å². The molecule has 9 rings (SSSR count). The maximum atomic E-state index is 10.6. The Labute approximate surface area is 277 Å². The fourth-order valence-corrected chi connectivity index (χ4v) is 7.41. The van der Waals surface area contributed by atoms with E-state index in [2.05, 4.69) is 137 Å². The summed E-state index contributed by atoms with van der Waals surface area (Å²) in [6.07, 6.45) is 0. The van der Waals surface area contributed by atoms with Gasteiger partial charge in [-0.3, -0.25) is 0 Å². The molecule has 4 nitrogen and oxygen atoms in total. The van der Waals surface area contributed by atoms with Gasteiger partial charge in [0.05, 0.1) is 45.0 Å². The van der Waals surface area contributed by atoms with Crippen LogP contribution in [0.5, 0.6) is 0 Å². The van der Waals surface area contributed by atoms with Gasteiger partial charge in [-0.2, -0.15) is 10.5 Å². The number of nitrogens with zero attached hydrogens (tertiary/aromatic N) is 4. The molecule has 0 N–H and O–H groups in total. The summed E-state index contributed by atoms with van der Waals surface area (Å²) in [4.78, 5) is 0. The number of para-hydroxylation sites is 5. The van der Waals surface area contributed by atoms with Crippen molar-refractivity contribution in [2.75, 3.05) is 0 Å². The van der Waals surface area contributed by atoms with E-state index in [-0.39, 0.29) is 0 Å². The van der Waals surface area contributed by atoms with Crippen LogP contribution in [0, 0.1) is 22.7 Å². The summed E-state index contributed by atoms with van der Waals surface area (Å²) in [6.45, 7) is 0. The minimum Gasteiger partial charge on any atom is -0.309 e. The minimum atomic E-state index is 0.580. The first-order valence-electron chi connectivity index (χ1n) is 15.9. The average molecular weight is 611 g/mol. The largest absolute Gasteiger partial charge is 0.309 e. The molecule has 4 heteroatoms. The number of fused-ring (bicyclic) bond motifs is 6. The number of hydrogen-bond acceptors (Lipinski definition) is 2. The monoisotopic (exact) mass is 610 g/mol. The Morgan fingerprint density at radius 2 is 0.792 bits per heavy atom. The lowest BCUT2D eigenvalue weighted by molar-refractivity contribution is 1.17. The molecule has 0 atom stereocenters. The zero-order valence-corrected chi connectivity index (χ0v) is 25.8. The van der Waals surface area contributed by atoms with E-state index >= 15 is 0 Å². The van der Waals surface area contributed by atoms with Gasteiger partial charge in [-0.15, -0.1) is 0 Å². The molecule has 0 unspecified atom stereocenters. The fourth-order valence-electron chi connectivity index (χ4n) is 7.41. The van der Waals surface area contributed by atoms with E-state index in [9.17, 15) is 10.5 Å². The van der Waals surface area contributed by atoms with Crippen molar-refractivity contribution in [3.8, 4) is 45.8 Å². The standard InChI is InChI=1S/C44H26N4/c45-27-29-12-11-19-39(44(29)48-42-22-9-5-17-37(42)38-18-6-10-23-43(38)48)34-14-2-1-13-33(34)32-25-24-31(26-30(32)28-46)47-40-20-7-3-15-35(40)36-16-4-8-21-41(36)47/h1-26H. The molecule has 0 amide bonds. The van der Waals surface area contributed by atoms with Crippen LogP contribution >= 0.6 is 0 Å². The molecular weight excluding hydrogens is 585 g/mol. The molecule has 0 aliphatic heterocycles. The second-order valence-corrected chi connectivity index (χ2v) is 11.9. The molecular formula is C44H26N4. The second-order valence-electron chi connectivity index (χ2n) is 11.9. The van der Waals surface area contributed by atoms with Crippen LogP contribution in [0.2, 0.25) is 0 Å². The summed E-state index contributed by atoms with van der Waals surface area (Å²) in [7, 11) is 0. The van der Waals surface area contributed by atoms with Crippen LogP contribution in [0.4, 0.5) is 0 Å². The highest BCUT2D eigenvalue weighted by Crippen LogP contribution is 2.42. The van der Waals surface area contributed by atoms with Gasteiger partial charge in [0, 0.05) is 38.4 Å². The molecule has 2 aromatic heterocycles. The van der Waals surface area contributed by atoms with E-state index in [1.807, 2.05) is 42.5 Å². The van der Waals surface area contributed by atoms with Crippen molar-refractivity contribution in [1.29, 1.82) is 10.5 Å². The van der Waals surface area contributed by atoms with Gasteiger partial charge in [0.1, 0.15) is 6.07 Å². The van der Waals surface area contributed by atoms with Crippen molar-refractivity contribution in [2.45, 2.75) is 0 Å². The molecule has 0 saturated carbocycles. The SMILES string of the molecule is N#Cc1cc(-n2c3ccccc3c3ccccc32)ccc1-c1ccccc1-c1cccc(C#N)c1-n1c2ccccc2c2ccccc21. The van der Waals surface area contributed by atoms with Crippen molar-refractivity contribution in [2.24, 2.45) is 0 Å². The number of aromatic nitrogens is 2. The van der Waals surface area contributed by atoms with E-state index < -0.39 is 0 Å². The first kappa shape index (κ1) is 27.4. The highest BCUT2D eigenvalue weighted by atomic mass is 15.0. The van der Waals surface area contributed by atoms with Crippen molar-refractivity contribution in [3.63, 3.8) is 0 Å². The van der Waals surface area contributed by atoms with Gasteiger partial charge in [-0.05, 0) is 53.6 Å². The van der Waals surface area contributed by atoms with Crippen LogP contribution in [0.25, 0.3) is 77.2 Å². The molecule has 0 fully saturated rings. The van der Waals surface area contributed by atoms with Gasteiger partial charge >= 0.3 is 0 Å². The quantitative estimate of drug-likeness (QED) is 0.199. The van der Waals surface area contributed by atoms with Crippen LogP contribution in [-0.4, -0.2) is 9.13 Å². The number of hydrogen-bond donors (Lipinski definition) is 0. The van der Waals surface area contributed by atoms with E-state index in [4.69, 9.17) is 0 Å². The predicted molar refractivity (Wildman–Crippen MR) is 195 cm³/mol. The smallest absolute Gasteiger partial charge is 0.101 e. The molecule has 0 bridgehead atoms. The highest BCUT2D eigenvalue weighted by Gasteiger charge is 2.21. The third-order valence-electron chi connectivity index (χ3n) is 9.43. The van der Waals surface area contributed by atoms with Crippen molar-refractivity contribution in [1.82, 2.24) is 9.13 Å². The molecule has 9 aromatic rings. The predicted octanol–water partition coefficient (Wildman–Crippen LogP) is 11.0. The Kier molecular flexibility index (Phi) is 6.22. The number of nitriles is 2. The zero-order valence-electron chi connectivity index (χ0n) is 25.8. The van der Waals surface area contributed by atoms with Gasteiger partial charge in [0.2, 0.25) is 0 Å². The Morgan fingerprint density at radius 1 is 0.354 bits per heavy atom. The van der Waals surface area contributed by atoms with E-state index in [1.54, 1.807) is 0 Å². The summed E-state index contributed by atoms with van der Waals surface area (Å²) in [5.74, 6) is 0. The minimum absolute atomic E-state index is 0.580. The number of benzene rings is 7. The van der Waals surface area contributed by atoms with Crippen molar-refractivity contribution < 1.29 is 0 Å². The Hall–Kier alpha value is -6.88. The average Bonchev–Trinajstić information content (AvgIpc) is 3.67. The maximum Gasteiger partial charge on any atom is 0.101 e. The van der Waals surface area contributed by atoms with Gasteiger partial charge in [-0.1, -0.05) is 115 Å². The van der Waals surface area contributed by atoms with Gasteiger partial charge in [0.25, 0.3) is 0 Å². The molecule has 0 aliphatic rings. The summed E-state index contributed by atoms with van der Waals surface area (Å²) in [5, 5.41) is 25.7. The lowest BCUT2D eigenvalue weighted by Gasteiger charge is -2.19. The van der Waals surface area contributed by atoms with Crippen LogP contribution in [-0.2, 0) is 0 Å². The van der Waals surface area contributed by atoms with E-state index in [1.165, 1.54) is 10.8 Å². The summed E-state index contributed by atoms with van der Waals surface area (Å²) >= 11 is 0. The van der Waals surface area contributed by atoms with E-state index in [0.29, 0.717) is 11.1 Å². The molecule has 7 aromatic carbocycles. The Morgan fingerprint density at radius 3 is 1.31 bits per heavy atom. The molecule has 48 heavy (non-hydrogen) atoms. The fraction of sp³-hybridized carbons (Fsp3) is 0. The lowest BCUT2D eigenvalue weighted by atomic mass is 9.90. The summed E-state index contributed by atoms with van der Waals surface area (Å²) < 4.78 is 4.45. The molecule has 0 saturated heterocycles. The van der Waals surface area contributed by atoms with Gasteiger partial charge in [0.15, 0.2) is 0 Å². The third kappa shape index (κ3) is 4.01. The van der Waals surface area contributed by atoms with Gasteiger partial charge < -0.3 is 9.13 Å². The summed E-state index contributed by atoms with van der Waals surface area (Å²) in [6, 6.07) is 58.7. The summed E-state index contributed by atoms with van der Waals surface area (Å²) in [5.41, 5.74) is 10.8. The molecule has 0 spiro atoms. The Bertz CT molecular complexity index is 2710. The Balaban J connectivity index is 1.28. The topological polar surface area (TPSA) is 57.4 Å². The third-order valence-corrected chi connectivity index (χ3v) is 9.43. The second kappa shape index (κ2) is 10.9. The maximum absolute atomic E-state index is 10.6. The molecule has 0 radical (unpaired) electrons. The lowest BCUT2D eigenvalue weighted by Crippen LogP contribution is -2.02. The molecule has 222 valence electrons. The van der Waals surface area contributed by atoms with Crippen molar-refractivity contribution in [3.05, 3.63) is 169 Å². The van der Waals surface area contributed by atoms with Crippen LogP contribution in [0.1, 0.15) is 11.1 Å².